The Morgan fingerprint density at radius 1 is 0.514 bits per heavy atom. The molecule has 0 spiro atoms. The molecule has 2 unspecified atom stereocenters. The highest BCUT2D eigenvalue weighted by molar-refractivity contribution is 5.91. The predicted molar refractivity (Wildman–Crippen MR) is 236 cm³/mol. The zero-order chi connectivity index (χ0) is 54.9. The van der Waals surface area contributed by atoms with Gasteiger partial charge < -0.3 is 28.4 Å². The van der Waals surface area contributed by atoms with Gasteiger partial charge in [0.05, 0.1) is 51.1 Å². The lowest BCUT2D eigenvalue weighted by atomic mass is 10.1. The number of alkyl halides is 12. The number of carbonyl (C=O) groups is 4. The first-order valence-electron chi connectivity index (χ1n) is 21.9. The Kier molecular flexibility index (Phi) is 22.8. The van der Waals surface area contributed by atoms with Gasteiger partial charge in [-0.1, -0.05) is 6.92 Å². The first kappa shape index (κ1) is 62.0. The third-order valence-electron chi connectivity index (χ3n) is 9.46. The van der Waals surface area contributed by atoms with Gasteiger partial charge in [0.25, 0.3) is 0 Å². The molecule has 2 atom stereocenters. The molecule has 0 amide bonds. The van der Waals surface area contributed by atoms with Gasteiger partial charge in [-0.05, 0) is 165 Å². The molecule has 0 N–H and O–H groups in total. The minimum Gasteiger partial charge on any atom is -0.456 e. The van der Waals surface area contributed by atoms with Crippen LogP contribution in [0.15, 0.2) is 97.1 Å². The second-order valence-corrected chi connectivity index (χ2v) is 16.9. The van der Waals surface area contributed by atoms with Gasteiger partial charge in [-0.2, -0.15) is 52.7 Å². The lowest BCUT2D eigenvalue weighted by Gasteiger charge is -2.23. The summed E-state index contributed by atoms with van der Waals surface area (Å²) in [6.07, 6.45) is -15.9. The Hall–Kier alpha value is -6.16. The van der Waals surface area contributed by atoms with Crippen molar-refractivity contribution in [1.82, 2.24) is 0 Å². The summed E-state index contributed by atoms with van der Waals surface area (Å²) in [6.45, 7) is 14.6. The largest absolute Gasteiger partial charge is 0.456 e. The molecule has 0 aliphatic carbocycles. The minimum atomic E-state index is -4.42. The van der Waals surface area contributed by atoms with E-state index in [1.807, 2.05) is 6.92 Å². The summed E-state index contributed by atoms with van der Waals surface area (Å²) in [5.41, 5.74) is -4.11. The molecule has 10 nitrogen and oxygen atoms in total. The van der Waals surface area contributed by atoms with Crippen LogP contribution in [-0.2, 0) is 53.1 Å². The number of rotatable bonds is 10. The zero-order valence-corrected chi connectivity index (χ0v) is 40.3. The SMILES string of the molecule is CC(C)(C)OC(=O)c1ccc(C(F)(F)F)cc1.CCC(C)(C)OC(=O)c1ccc(C(F)(F)F)cc1.CCOC(C)OC(=O)c1ccc(C(F)(F)F)cc1.O=C(OC1CCCCO1)c1ccc(C(F)(F)F)cc1. The van der Waals surface area contributed by atoms with Crippen molar-refractivity contribution in [1.29, 1.82) is 0 Å². The second-order valence-electron chi connectivity index (χ2n) is 16.9. The number of benzene rings is 4. The molecule has 1 saturated heterocycles. The van der Waals surface area contributed by atoms with E-state index >= 15 is 0 Å². The maximum Gasteiger partial charge on any atom is 0.416 e. The molecule has 1 aliphatic rings. The van der Waals surface area contributed by atoms with Crippen LogP contribution in [0.5, 0.6) is 0 Å². The van der Waals surface area contributed by atoms with Crippen LogP contribution in [0.2, 0.25) is 0 Å². The predicted octanol–water partition coefficient (Wildman–Crippen LogP) is 14.3. The zero-order valence-electron chi connectivity index (χ0n) is 40.3. The van der Waals surface area contributed by atoms with E-state index in [0.29, 0.717) is 26.1 Å². The molecule has 0 radical (unpaired) electrons. The smallest absolute Gasteiger partial charge is 0.416 e. The number of esters is 4. The summed E-state index contributed by atoms with van der Waals surface area (Å²) in [4.78, 5) is 46.4. The van der Waals surface area contributed by atoms with Crippen molar-refractivity contribution in [3.05, 3.63) is 142 Å². The van der Waals surface area contributed by atoms with Crippen LogP contribution in [0.3, 0.4) is 0 Å². The molecular formula is C50H54F12O10. The molecule has 4 aromatic carbocycles. The van der Waals surface area contributed by atoms with Crippen LogP contribution in [0.25, 0.3) is 0 Å². The van der Waals surface area contributed by atoms with Gasteiger partial charge in [0.2, 0.25) is 6.29 Å². The normalized spacial score (nSPS) is 14.6. The lowest BCUT2D eigenvalue weighted by Crippen LogP contribution is -2.27. The average molecular weight is 1040 g/mol. The first-order chi connectivity index (χ1) is 33.1. The summed E-state index contributed by atoms with van der Waals surface area (Å²) >= 11 is 0. The Labute approximate surface area is 407 Å². The van der Waals surface area contributed by atoms with Crippen LogP contribution < -0.4 is 0 Å². The van der Waals surface area contributed by atoms with E-state index < -0.39 is 94.6 Å². The van der Waals surface area contributed by atoms with Gasteiger partial charge in [-0.15, -0.1) is 0 Å². The van der Waals surface area contributed by atoms with E-state index in [2.05, 4.69) is 0 Å². The van der Waals surface area contributed by atoms with Crippen molar-refractivity contribution in [2.75, 3.05) is 13.2 Å². The average Bonchev–Trinajstić information content (AvgIpc) is 3.28. The van der Waals surface area contributed by atoms with Gasteiger partial charge >= 0.3 is 48.6 Å². The van der Waals surface area contributed by atoms with Crippen molar-refractivity contribution in [3.8, 4) is 0 Å². The highest BCUT2D eigenvalue weighted by atomic mass is 19.4. The monoisotopic (exact) mass is 1040 g/mol. The quantitative estimate of drug-likeness (QED) is 0.0656. The Balaban J connectivity index is 0.000000329. The van der Waals surface area contributed by atoms with Gasteiger partial charge in [0.15, 0.2) is 6.29 Å². The van der Waals surface area contributed by atoms with E-state index in [1.54, 1.807) is 41.5 Å². The summed E-state index contributed by atoms with van der Waals surface area (Å²) in [6, 6.07) is 15.7. The number of hydrogen-bond donors (Lipinski definition) is 0. The van der Waals surface area contributed by atoms with E-state index in [9.17, 15) is 71.9 Å². The van der Waals surface area contributed by atoms with Crippen LogP contribution in [0, 0.1) is 0 Å². The number of ether oxygens (including phenoxy) is 6. The fourth-order valence-corrected chi connectivity index (χ4v) is 5.38. The summed E-state index contributed by atoms with van der Waals surface area (Å²) in [7, 11) is 0. The van der Waals surface area contributed by atoms with Crippen LogP contribution in [0.4, 0.5) is 52.7 Å². The fraction of sp³-hybridized carbons (Fsp3) is 0.440. The number of hydrogen-bond acceptors (Lipinski definition) is 10. The van der Waals surface area contributed by atoms with Gasteiger partial charge in [-0.3, -0.25) is 0 Å². The Morgan fingerprint density at radius 3 is 1.14 bits per heavy atom. The maximum atomic E-state index is 12.4. The molecule has 4 aromatic rings. The van der Waals surface area contributed by atoms with E-state index in [0.717, 1.165) is 110 Å². The highest BCUT2D eigenvalue weighted by Gasteiger charge is 2.33. The van der Waals surface area contributed by atoms with Gasteiger partial charge in [-0.25, -0.2) is 19.2 Å². The Morgan fingerprint density at radius 2 is 0.847 bits per heavy atom. The third-order valence-corrected chi connectivity index (χ3v) is 9.46. The fourth-order valence-electron chi connectivity index (χ4n) is 5.38. The van der Waals surface area contributed by atoms with Crippen LogP contribution >= 0.6 is 0 Å². The van der Waals surface area contributed by atoms with Crippen molar-refractivity contribution in [2.24, 2.45) is 0 Å². The molecule has 398 valence electrons. The standard InChI is InChI=1S/C13H13F3O3.C13H15F3O2.C12H13F3O3.C12H13F3O2/c14-13(15,16)10-6-4-9(5-7-10)12(17)19-11-3-1-2-8-18-11;1-4-12(2,3)18-11(17)9-5-7-10(8-6-9)13(14,15)16;1-3-17-8(2)18-11(16)9-4-6-10(7-5-9)12(13,14)15;1-11(2,3)17-10(16)8-4-6-9(7-5-8)12(13,14)15/h4-7,11H,1-3,8H2;5-8H,4H2,1-3H3;4-8H,3H2,1-2H3;4-7H,1-3H3. The Bertz CT molecular complexity index is 2310. The van der Waals surface area contributed by atoms with Crippen molar-refractivity contribution in [3.63, 3.8) is 0 Å². The van der Waals surface area contributed by atoms with Crippen LogP contribution in [-0.4, -0.2) is 60.9 Å². The summed E-state index contributed by atoms with van der Waals surface area (Å²) < 4.78 is 178. The molecule has 1 fully saturated rings. The van der Waals surface area contributed by atoms with Gasteiger partial charge in [0.1, 0.15) is 11.2 Å². The van der Waals surface area contributed by atoms with E-state index in [1.165, 1.54) is 6.92 Å². The van der Waals surface area contributed by atoms with Gasteiger partial charge in [0, 0.05) is 13.0 Å². The van der Waals surface area contributed by atoms with Crippen LogP contribution in [0.1, 0.15) is 145 Å². The number of halogens is 12. The minimum absolute atomic E-state index is 0.0505. The molecule has 0 saturated carbocycles. The van der Waals surface area contributed by atoms with Crippen molar-refractivity contribution < 1.29 is 100 Å². The molecule has 5 rings (SSSR count). The molecule has 22 heteroatoms. The van der Waals surface area contributed by atoms with Crippen molar-refractivity contribution >= 4 is 23.9 Å². The third kappa shape index (κ3) is 22.5. The number of carbonyl (C=O) groups excluding carboxylic acids is 4. The molecule has 0 bridgehead atoms. The van der Waals surface area contributed by atoms with E-state index in [4.69, 9.17) is 28.4 Å². The molecular weight excluding hydrogens is 989 g/mol. The summed E-state index contributed by atoms with van der Waals surface area (Å²) in [5, 5.41) is 0. The summed E-state index contributed by atoms with van der Waals surface area (Å²) in [5.74, 6) is -2.63. The van der Waals surface area contributed by atoms with Crippen molar-refractivity contribution in [2.45, 2.75) is 130 Å². The first-order valence-corrected chi connectivity index (χ1v) is 21.9. The lowest BCUT2D eigenvalue weighted by molar-refractivity contribution is -0.138. The molecule has 1 heterocycles. The molecule has 1 aliphatic heterocycles. The highest BCUT2D eigenvalue weighted by Crippen LogP contribution is 2.32. The molecule has 0 aromatic heterocycles. The van der Waals surface area contributed by atoms with E-state index in [-0.39, 0.29) is 22.3 Å². The maximum absolute atomic E-state index is 12.4. The molecule has 72 heavy (non-hydrogen) atoms. The topological polar surface area (TPSA) is 124 Å². The second kappa shape index (κ2) is 26.5.